The molecule has 0 saturated carbocycles. The summed E-state index contributed by atoms with van der Waals surface area (Å²) >= 11 is 0. The molecule has 0 bridgehead atoms. The first-order chi connectivity index (χ1) is 10.6. The first-order valence-corrected chi connectivity index (χ1v) is 6.65. The number of rotatable bonds is 4. The molecule has 4 atom stereocenters. The zero-order valence-corrected chi connectivity index (χ0v) is 12.3. The van der Waals surface area contributed by atoms with E-state index < -0.39 is 53.0 Å². The standard InChI is InChI=1S/C13H16N2O8/c1-6(17)12(21)8(5-16)23-10(13(12,22)7(2)18)15-4-3-9(19)14-11(15)20/h3-4,8,10,16,21-22H,5H2,1-2H3,(H,14,19,20)/t8-,10-,12-,13+/m1/s1. The molecule has 23 heavy (non-hydrogen) atoms. The maximum Gasteiger partial charge on any atom is 0.330 e. The number of aliphatic hydroxyl groups is 3. The normalized spacial score (nSPS) is 33.6. The second-order valence-electron chi connectivity index (χ2n) is 5.32. The summed E-state index contributed by atoms with van der Waals surface area (Å²) in [5.74, 6) is -2.07. The molecule has 1 aromatic heterocycles. The summed E-state index contributed by atoms with van der Waals surface area (Å²) in [6.45, 7) is 0.930. The monoisotopic (exact) mass is 328 g/mol. The maximum absolute atomic E-state index is 12.0. The Morgan fingerprint density at radius 2 is 1.83 bits per heavy atom. The van der Waals surface area contributed by atoms with Crippen molar-refractivity contribution in [3.63, 3.8) is 0 Å². The highest BCUT2D eigenvalue weighted by Crippen LogP contribution is 2.46. The van der Waals surface area contributed by atoms with Crippen molar-refractivity contribution in [1.29, 1.82) is 0 Å². The fourth-order valence-electron chi connectivity index (χ4n) is 2.78. The van der Waals surface area contributed by atoms with Crippen LogP contribution in [0.5, 0.6) is 0 Å². The van der Waals surface area contributed by atoms with Gasteiger partial charge >= 0.3 is 5.69 Å². The Labute approximate surface area is 129 Å². The first-order valence-electron chi connectivity index (χ1n) is 6.65. The number of ether oxygens (including phenoxy) is 1. The van der Waals surface area contributed by atoms with E-state index in [9.17, 15) is 34.5 Å². The number of aromatic amines is 1. The topological polar surface area (TPSA) is 159 Å². The fourth-order valence-corrected chi connectivity index (χ4v) is 2.78. The van der Waals surface area contributed by atoms with Gasteiger partial charge in [0.1, 0.15) is 6.10 Å². The van der Waals surface area contributed by atoms with E-state index in [1.165, 1.54) is 0 Å². The van der Waals surface area contributed by atoms with Crippen LogP contribution in [0.25, 0.3) is 0 Å². The number of Topliss-reactive ketones (excluding diaryl/α,β-unsaturated/α-hetero) is 2. The van der Waals surface area contributed by atoms with E-state index >= 15 is 0 Å². The number of hydrogen-bond acceptors (Lipinski definition) is 8. The summed E-state index contributed by atoms with van der Waals surface area (Å²) < 4.78 is 5.88. The summed E-state index contributed by atoms with van der Waals surface area (Å²) in [5.41, 5.74) is -7.33. The van der Waals surface area contributed by atoms with Crippen molar-refractivity contribution in [2.45, 2.75) is 37.4 Å². The number of H-pyrrole nitrogens is 1. The number of carbonyl (C=O) groups is 2. The molecule has 1 aliphatic heterocycles. The zero-order chi connectivity index (χ0) is 17.6. The second-order valence-corrected chi connectivity index (χ2v) is 5.32. The number of ketones is 2. The molecule has 2 rings (SSSR count). The van der Waals surface area contributed by atoms with E-state index in [1.807, 2.05) is 4.98 Å². The van der Waals surface area contributed by atoms with Crippen LogP contribution < -0.4 is 11.2 Å². The molecule has 0 unspecified atom stereocenters. The summed E-state index contributed by atoms with van der Waals surface area (Å²) in [4.78, 5) is 48.8. The molecular formula is C13H16N2O8. The van der Waals surface area contributed by atoms with Gasteiger partial charge in [-0.15, -0.1) is 0 Å². The summed E-state index contributed by atoms with van der Waals surface area (Å²) in [7, 11) is 0. The lowest BCUT2D eigenvalue weighted by Crippen LogP contribution is -2.66. The van der Waals surface area contributed by atoms with Crippen LogP contribution >= 0.6 is 0 Å². The van der Waals surface area contributed by atoms with Gasteiger partial charge in [-0.25, -0.2) is 4.79 Å². The van der Waals surface area contributed by atoms with Gasteiger partial charge in [0.15, 0.2) is 23.4 Å². The summed E-state index contributed by atoms with van der Waals surface area (Å²) in [6.07, 6.45) is -2.51. The molecule has 1 fully saturated rings. The molecule has 0 aromatic carbocycles. The van der Waals surface area contributed by atoms with Gasteiger partial charge < -0.3 is 20.1 Å². The van der Waals surface area contributed by atoms with Crippen molar-refractivity contribution in [3.05, 3.63) is 33.1 Å². The molecule has 0 spiro atoms. The molecule has 1 saturated heterocycles. The third-order valence-electron chi connectivity index (χ3n) is 4.04. The minimum absolute atomic E-state index is 0.659. The quantitative estimate of drug-likeness (QED) is 0.457. The minimum atomic E-state index is -2.83. The SMILES string of the molecule is CC(=O)[C@@]1(O)[C@@H](CO)O[C@@H](n2ccc(=O)[nH]c2=O)[C@@]1(O)C(C)=O. The average molecular weight is 328 g/mol. The van der Waals surface area contributed by atoms with Crippen LogP contribution in [0.2, 0.25) is 0 Å². The molecule has 4 N–H and O–H groups in total. The number of nitrogens with one attached hydrogen (secondary N) is 1. The van der Waals surface area contributed by atoms with E-state index in [1.54, 1.807) is 0 Å². The lowest BCUT2D eigenvalue weighted by molar-refractivity contribution is -0.181. The molecule has 1 aliphatic rings. The predicted molar refractivity (Wildman–Crippen MR) is 73.6 cm³/mol. The Hall–Kier alpha value is -2.14. The molecule has 0 radical (unpaired) electrons. The third-order valence-corrected chi connectivity index (χ3v) is 4.04. The third kappa shape index (κ3) is 2.18. The van der Waals surface area contributed by atoms with Crippen molar-refractivity contribution in [2.75, 3.05) is 6.61 Å². The van der Waals surface area contributed by atoms with Crippen molar-refractivity contribution < 1.29 is 29.6 Å². The molecule has 0 aliphatic carbocycles. The Morgan fingerprint density at radius 1 is 1.26 bits per heavy atom. The van der Waals surface area contributed by atoms with Gasteiger partial charge in [0, 0.05) is 12.3 Å². The Bertz CT molecular complexity index is 768. The van der Waals surface area contributed by atoms with Crippen LogP contribution in [0.4, 0.5) is 0 Å². The zero-order valence-electron chi connectivity index (χ0n) is 12.3. The maximum atomic E-state index is 12.0. The van der Waals surface area contributed by atoms with Crippen LogP contribution in [0.15, 0.2) is 21.9 Å². The van der Waals surface area contributed by atoms with Gasteiger partial charge in [0.2, 0.25) is 5.60 Å². The van der Waals surface area contributed by atoms with E-state index in [2.05, 4.69) is 0 Å². The number of nitrogens with zero attached hydrogens (tertiary/aromatic N) is 1. The van der Waals surface area contributed by atoms with E-state index in [0.717, 1.165) is 26.1 Å². The molecule has 126 valence electrons. The van der Waals surface area contributed by atoms with Gasteiger partial charge in [0.05, 0.1) is 6.61 Å². The van der Waals surface area contributed by atoms with Crippen LogP contribution in [0.3, 0.4) is 0 Å². The molecular weight excluding hydrogens is 312 g/mol. The van der Waals surface area contributed by atoms with Crippen molar-refractivity contribution in [1.82, 2.24) is 9.55 Å². The van der Waals surface area contributed by atoms with Crippen molar-refractivity contribution in [2.24, 2.45) is 0 Å². The van der Waals surface area contributed by atoms with Crippen LogP contribution in [-0.4, -0.2) is 60.4 Å². The molecule has 10 nitrogen and oxygen atoms in total. The highest BCUT2D eigenvalue weighted by atomic mass is 16.6. The largest absolute Gasteiger partial charge is 0.394 e. The van der Waals surface area contributed by atoms with Gasteiger partial charge in [-0.2, -0.15) is 0 Å². The van der Waals surface area contributed by atoms with Crippen LogP contribution in [0.1, 0.15) is 20.1 Å². The second kappa shape index (κ2) is 5.49. The Morgan fingerprint density at radius 3 is 2.26 bits per heavy atom. The van der Waals surface area contributed by atoms with Gasteiger partial charge in [-0.1, -0.05) is 0 Å². The first kappa shape index (κ1) is 17.2. The Balaban J connectivity index is 2.74. The Kier molecular flexibility index (Phi) is 4.11. The van der Waals surface area contributed by atoms with Crippen LogP contribution in [-0.2, 0) is 14.3 Å². The number of aliphatic hydroxyl groups excluding tert-OH is 1. The lowest BCUT2D eigenvalue weighted by atomic mass is 9.75. The van der Waals surface area contributed by atoms with Crippen molar-refractivity contribution >= 4 is 11.6 Å². The van der Waals surface area contributed by atoms with E-state index in [0.29, 0.717) is 4.57 Å². The van der Waals surface area contributed by atoms with Gasteiger partial charge in [-0.05, 0) is 13.8 Å². The van der Waals surface area contributed by atoms with Crippen molar-refractivity contribution in [3.8, 4) is 0 Å². The number of hydrogen-bond donors (Lipinski definition) is 4. The minimum Gasteiger partial charge on any atom is -0.394 e. The highest BCUT2D eigenvalue weighted by Gasteiger charge is 2.71. The molecule has 10 heteroatoms. The molecule has 1 aromatic rings. The van der Waals surface area contributed by atoms with E-state index in [4.69, 9.17) is 4.74 Å². The predicted octanol–water partition coefficient (Wildman–Crippen LogP) is -2.93. The average Bonchev–Trinajstić information content (AvgIpc) is 2.70. The fraction of sp³-hybridized carbons (Fsp3) is 0.538. The van der Waals surface area contributed by atoms with Gasteiger partial charge in [-0.3, -0.25) is 23.9 Å². The van der Waals surface area contributed by atoms with E-state index in [-0.39, 0.29) is 0 Å². The summed E-state index contributed by atoms with van der Waals surface area (Å²) in [6, 6.07) is 0.935. The highest BCUT2D eigenvalue weighted by molar-refractivity contribution is 5.98. The lowest BCUT2D eigenvalue weighted by Gasteiger charge is -2.36. The summed E-state index contributed by atoms with van der Waals surface area (Å²) in [5, 5.41) is 30.7. The van der Waals surface area contributed by atoms with Crippen LogP contribution in [0, 0.1) is 0 Å². The number of aromatic nitrogens is 2. The van der Waals surface area contributed by atoms with Gasteiger partial charge in [0.25, 0.3) is 5.56 Å². The molecule has 0 amide bonds. The molecule has 2 heterocycles. The number of carbonyl (C=O) groups excluding carboxylic acids is 2. The smallest absolute Gasteiger partial charge is 0.330 e.